The molecule has 0 aliphatic heterocycles. The summed E-state index contributed by atoms with van der Waals surface area (Å²) < 4.78 is 0. The van der Waals surface area contributed by atoms with Crippen LogP contribution in [-0.4, -0.2) is 40.3 Å². The molecule has 0 aliphatic rings. The van der Waals surface area contributed by atoms with Crippen LogP contribution in [0.2, 0.25) is 0 Å². The van der Waals surface area contributed by atoms with Crippen molar-refractivity contribution in [3.05, 3.63) is 11.9 Å². The highest BCUT2D eigenvalue weighted by Gasteiger charge is 2.07. The highest BCUT2D eigenvalue weighted by molar-refractivity contribution is 5.84. The predicted octanol–water partition coefficient (Wildman–Crippen LogP) is -0.826. The van der Waals surface area contributed by atoms with Crippen molar-refractivity contribution in [2.75, 3.05) is 19.1 Å². The van der Waals surface area contributed by atoms with Crippen LogP contribution in [0.5, 0.6) is 0 Å². The third-order valence-electron chi connectivity index (χ3n) is 1.11. The van der Waals surface area contributed by atoms with Crippen molar-refractivity contribution >= 4 is 5.97 Å². The number of carboxylic acids is 1. The van der Waals surface area contributed by atoms with E-state index in [1.54, 1.807) is 19.1 Å². The summed E-state index contributed by atoms with van der Waals surface area (Å²) in [4.78, 5) is 11.6. The van der Waals surface area contributed by atoms with Gasteiger partial charge in [-0.15, -0.1) is 5.10 Å². The zero-order valence-corrected chi connectivity index (χ0v) is 6.22. The Morgan fingerprint density at radius 3 is 2.64 bits per heavy atom. The minimum atomic E-state index is -1.07. The molecule has 0 atom stereocenters. The third-order valence-corrected chi connectivity index (χ3v) is 1.11. The number of hydrogen-bond acceptors (Lipinski definition) is 4. The first kappa shape index (κ1) is 7.52. The first-order valence-electron chi connectivity index (χ1n) is 2.94. The van der Waals surface area contributed by atoms with Gasteiger partial charge in [0.25, 0.3) is 0 Å². The van der Waals surface area contributed by atoms with Gasteiger partial charge in [0.1, 0.15) is 0 Å². The van der Waals surface area contributed by atoms with Gasteiger partial charge in [0.05, 0.1) is 6.20 Å². The molecule has 1 heterocycles. The number of carboxylic acid groups (broad SMARTS) is 1. The van der Waals surface area contributed by atoms with Crippen LogP contribution in [0.1, 0.15) is 10.5 Å². The first-order chi connectivity index (χ1) is 5.11. The summed E-state index contributed by atoms with van der Waals surface area (Å²) in [6.45, 7) is 0. The number of nitrogens with zero attached hydrogens (tertiary/aromatic N) is 4. The van der Waals surface area contributed by atoms with E-state index in [2.05, 4.69) is 10.3 Å². The van der Waals surface area contributed by atoms with Gasteiger partial charge in [0.2, 0.25) is 0 Å². The molecule has 0 spiro atoms. The number of carbonyl (C=O) groups is 1. The van der Waals surface area contributed by atoms with Gasteiger partial charge in [-0.2, -0.15) is 4.79 Å². The van der Waals surface area contributed by atoms with Gasteiger partial charge in [-0.25, -0.2) is 4.79 Å². The average Bonchev–Trinajstić information content (AvgIpc) is 2.33. The Balaban J connectivity index is 2.90. The SMILES string of the molecule is CN(C)n1cc(C(=O)O)nn1. The predicted molar refractivity (Wildman–Crippen MR) is 37.0 cm³/mol. The van der Waals surface area contributed by atoms with Gasteiger partial charge in [0, 0.05) is 14.1 Å². The molecule has 0 aliphatic carbocycles. The van der Waals surface area contributed by atoms with Gasteiger partial charge in [0.15, 0.2) is 5.69 Å². The Bertz CT molecular complexity index is 267. The highest BCUT2D eigenvalue weighted by atomic mass is 16.4. The first-order valence-corrected chi connectivity index (χ1v) is 2.94. The molecule has 0 saturated carbocycles. The van der Waals surface area contributed by atoms with E-state index in [0.29, 0.717) is 0 Å². The Morgan fingerprint density at radius 1 is 1.73 bits per heavy atom. The lowest BCUT2D eigenvalue weighted by molar-refractivity contribution is 0.0690. The molecule has 0 amide bonds. The smallest absolute Gasteiger partial charge is 0.358 e. The molecule has 0 unspecified atom stereocenters. The third kappa shape index (κ3) is 1.46. The normalized spacial score (nSPS) is 9.64. The molecule has 1 N–H and O–H groups in total. The fourth-order valence-corrected chi connectivity index (χ4v) is 0.548. The molecule has 0 fully saturated rings. The van der Waals surface area contributed by atoms with E-state index in [1.165, 1.54) is 11.0 Å². The van der Waals surface area contributed by atoms with Crippen LogP contribution < -0.4 is 5.01 Å². The molecular weight excluding hydrogens is 148 g/mol. The van der Waals surface area contributed by atoms with Crippen molar-refractivity contribution in [1.29, 1.82) is 0 Å². The topological polar surface area (TPSA) is 71.2 Å². The molecule has 0 aromatic carbocycles. The van der Waals surface area contributed by atoms with Crippen molar-refractivity contribution in [1.82, 2.24) is 15.1 Å². The minimum Gasteiger partial charge on any atom is -0.476 e. The molecular formula is C5H8N4O2. The van der Waals surface area contributed by atoms with E-state index in [0.717, 1.165) is 0 Å². The van der Waals surface area contributed by atoms with Crippen molar-refractivity contribution in [3.8, 4) is 0 Å². The van der Waals surface area contributed by atoms with Crippen LogP contribution in [0, 0.1) is 0 Å². The summed E-state index contributed by atoms with van der Waals surface area (Å²) in [6, 6.07) is 0. The maximum atomic E-state index is 10.3. The molecule has 6 nitrogen and oxygen atoms in total. The minimum absolute atomic E-state index is 0.0568. The summed E-state index contributed by atoms with van der Waals surface area (Å²) in [7, 11) is 3.47. The summed E-state index contributed by atoms with van der Waals surface area (Å²) >= 11 is 0. The molecule has 6 heteroatoms. The molecule has 1 aromatic heterocycles. The van der Waals surface area contributed by atoms with Crippen LogP contribution in [0.3, 0.4) is 0 Å². The Morgan fingerprint density at radius 2 is 2.36 bits per heavy atom. The van der Waals surface area contributed by atoms with Gasteiger partial charge < -0.3 is 10.1 Å². The van der Waals surface area contributed by atoms with Crippen LogP contribution in [-0.2, 0) is 0 Å². The Kier molecular flexibility index (Phi) is 1.75. The van der Waals surface area contributed by atoms with E-state index >= 15 is 0 Å². The highest BCUT2D eigenvalue weighted by Crippen LogP contribution is 1.90. The van der Waals surface area contributed by atoms with E-state index < -0.39 is 5.97 Å². The van der Waals surface area contributed by atoms with E-state index in [9.17, 15) is 4.79 Å². The second-order valence-electron chi connectivity index (χ2n) is 2.18. The summed E-state index contributed by atoms with van der Waals surface area (Å²) in [5.74, 6) is -1.07. The number of aromatic nitrogens is 3. The van der Waals surface area contributed by atoms with Crippen LogP contribution in [0.15, 0.2) is 6.20 Å². The molecule has 11 heavy (non-hydrogen) atoms. The van der Waals surface area contributed by atoms with E-state index in [1.807, 2.05) is 0 Å². The van der Waals surface area contributed by atoms with Gasteiger partial charge in [-0.3, -0.25) is 0 Å². The monoisotopic (exact) mass is 156 g/mol. The molecule has 60 valence electrons. The lowest BCUT2D eigenvalue weighted by Crippen LogP contribution is -2.25. The maximum absolute atomic E-state index is 10.3. The zero-order valence-electron chi connectivity index (χ0n) is 6.22. The van der Waals surface area contributed by atoms with Gasteiger partial charge in [-0.05, 0) is 5.21 Å². The van der Waals surface area contributed by atoms with Crippen LogP contribution in [0.25, 0.3) is 0 Å². The van der Waals surface area contributed by atoms with Gasteiger partial charge in [-0.1, -0.05) is 0 Å². The van der Waals surface area contributed by atoms with Gasteiger partial charge >= 0.3 is 5.97 Å². The largest absolute Gasteiger partial charge is 0.476 e. The summed E-state index contributed by atoms with van der Waals surface area (Å²) in [5.41, 5.74) is -0.0568. The molecule has 0 bridgehead atoms. The fraction of sp³-hybridized carbons (Fsp3) is 0.400. The quantitative estimate of drug-likeness (QED) is 0.605. The fourth-order valence-electron chi connectivity index (χ4n) is 0.548. The lowest BCUT2D eigenvalue weighted by atomic mass is 10.5. The lowest BCUT2D eigenvalue weighted by Gasteiger charge is -2.08. The van der Waals surface area contributed by atoms with Crippen molar-refractivity contribution in [3.63, 3.8) is 0 Å². The maximum Gasteiger partial charge on any atom is 0.358 e. The van der Waals surface area contributed by atoms with Crippen LogP contribution >= 0.6 is 0 Å². The molecule has 1 rings (SSSR count). The second-order valence-corrected chi connectivity index (χ2v) is 2.18. The number of hydrogen-bond donors (Lipinski definition) is 1. The average molecular weight is 156 g/mol. The summed E-state index contributed by atoms with van der Waals surface area (Å²) in [6.07, 6.45) is 1.34. The van der Waals surface area contributed by atoms with Crippen molar-refractivity contribution < 1.29 is 9.90 Å². The number of rotatable bonds is 2. The van der Waals surface area contributed by atoms with Crippen molar-refractivity contribution in [2.45, 2.75) is 0 Å². The number of aromatic carboxylic acids is 1. The zero-order chi connectivity index (χ0) is 8.43. The molecule has 1 aromatic rings. The van der Waals surface area contributed by atoms with Crippen molar-refractivity contribution in [2.24, 2.45) is 0 Å². The van der Waals surface area contributed by atoms with E-state index in [-0.39, 0.29) is 5.69 Å². The standard InChI is InChI=1S/C5H8N4O2/c1-8(2)9-3-4(5(10)11)6-7-9/h3H,1-2H3,(H,10,11). The molecule has 0 radical (unpaired) electrons. The molecule has 0 saturated heterocycles. The van der Waals surface area contributed by atoms with E-state index in [4.69, 9.17) is 5.11 Å². The summed E-state index contributed by atoms with van der Waals surface area (Å²) in [5, 5.41) is 17.0. The van der Waals surface area contributed by atoms with Crippen LogP contribution in [0.4, 0.5) is 0 Å². The Hall–Kier alpha value is -1.59. The Labute approximate surface area is 63.0 Å². The second kappa shape index (κ2) is 2.57.